The number of carbonyl (C=O) groups excluding carboxylic acids is 1. The predicted molar refractivity (Wildman–Crippen MR) is 112 cm³/mol. The van der Waals surface area contributed by atoms with Gasteiger partial charge in [0.1, 0.15) is 11.3 Å². The maximum Gasteiger partial charge on any atom is 0.344 e. The lowest BCUT2D eigenvalue weighted by molar-refractivity contribution is 0.0435. The third-order valence-electron chi connectivity index (χ3n) is 4.29. The first-order valence-corrected chi connectivity index (χ1v) is 10.2. The maximum absolute atomic E-state index is 12.6. The van der Waals surface area contributed by atoms with Crippen molar-refractivity contribution < 1.29 is 18.7 Å². The summed E-state index contributed by atoms with van der Waals surface area (Å²) in [7, 11) is 0. The molecule has 30 heavy (non-hydrogen) atoms. The van der Waals surface area contributed by atoms with Crippen LogP contribution in [0.25, 0.3) is 10.8 Å². The van der Waals surface area contributed by atoms with E-state index < -0.39 is 5.97 Å². The molecule has 0 aliphatic heterocycles. The number of hydrogen-bond acceptors (Lipinski definition) is 8. The van der Waals surface area contributed by atoms with Crippen LogP contribution in [0.3, 0.4) is 0 Å². The van der Waals surface area contributed by atoms with Gasteiger partial charge in [0, 0.05) is 11.1 Å². The third kappa shape index (κ3) is 4.38. The molecule has 0 radical (unpaired) electrons. The van der Waals surface area contributed by atoms with Crippen LogP contribution in [0, 0.1) is 6.92 Å². The average Bonchev–Trinajstić information content (AvgIpc) is 3.39. The summed E-state index contributed by atoms with van der Waals surface area (Å²) in [6, 6.07) is 14.4. The van der Waals surface area contributed by atoms with Gasteiger partial charge in [-0.3, -0.25) is 0 Å². The zero-order chi connectivity index (χ0) is 20.9. The molecule has 0 bridgehead atoms. The Morgan fingerprint density at radius 1 is 1.13 bits per heavy atom. The van der Waals surface area contributed by atoms with E-state index in [-0.39, 0.29) is 23.9 Å². The molecule has 0 atom stereocenters. The fourth-order valence-electron chi connectivity index (χ4n) is 2.82. The van der Waals surface area contributed by atoms with Gasteiger partial charge in [-0.15, -0.1) is 21.5 Å². The first kappa shape index (κ1) is 19.8. The lowest BCUT2D eigenvalue weighted by Crippen LogP contribution is -2.08. The van der Waals surface area contributed by atoms with Gasteiger partial charge < -0.3 is 13.9 Å². The van der Waals surface area contributed by atoms with Gasteiger partial charge in [0.25, 0.3) is 11.8 Å². The second-order valence-electron chi connectivity index (χ2n) is 6.42. The summed E-state index contributed by atoms with van der Waals surface area (Å²) in [4.78, 5) is 18.9. The Hall–Kier alpha value is -3.52. The Morgan fingerprint density at radius 3 is 2.73 bits per heavy atom. The van der Waals surface area contributed by atoms with E-state index >= 15 is 0 Å². The number of benzene rings is 1. The average molecular weight is 421 g/mol. The second kappa shape index (κ2) is 8.87. The molecule has 0 aliphatic rings. The highest BCUT2D eigenvalue weighted by atomic mass is 32.1. The standard InChI is InChI=1S/C22H19N3O4S/c1-3-17-14(2)12-18(30-17)21-25-24-19(29-21)13-27-22(26)16-10-7-11-23-20(16)28-15-8-5-4-6-9-15/h4-12H,3,13H2,1-2H3. The van der Waals surface area contributed by atoms with Crippen LogP contribution in [0.4, 0.5) is 0 Å². The van der Waals surface area contributed by atoms with Crippen LogP contribution in [0.5, 0.6) is 11.6 Å². The van der Waals surface area contributed by atoms with Gasteiger partial charge in [-0.25, -0.2) is 9.78 Å². The number of nitrogens with zero attached hydrogens (tertiary/aromatic N) is 3. The van der Waals surface area contributed by atoms with E-state index in [1.807, 2.05) is 24.3 Å². The van der Waals surface area contributed by atoms with Crippen molar-refractivity contribution in [3.63, 3.8) is 0 Å². The molecule has 7 nitrogen and oxygen atoms in total. The first-order valence-electron chi connectivity index (χ1n) is 9.41. The molecule has 152 valence electrons. The number of para-hydroxylation sites is 1. The van der Waals surface area contributed by atoms with Crippen molar-refractivity contribution >= 4 is 17.3 Å². The molecule has 0 fully saturated rings. The van der Waals surface area contributed by atoms with E-state index in [9.17, 15) is 4.79 Å². The molecule has 3 heterocycles. The molecule has 8 heteroatoms. The zero-order valence-electron chi connectivity index (χ0n) is 16.5. The van der Waals surface area contributed by atoms with Crippen LogP contribution >= 0.6 is 11.3 Å². The van der Waals surface area contributed by atoms with E-state index in [4.69, 9.17) is 13.9 Å². The minimum atomic E-state index is -0.589. The minimum absolute atomic E-state index is 0.142. The van der Waals surface area contributed by atoms with Gasteiger partial charge in [0.15, 0.2) is 6.61 Å². The van der Waals surface area contributed by atoms with Gasteiger partial charge in [0.2, 0.25) is 5.88 Å². The van der Waals surface area contributed by atoms with Crippen LogP contribution < -0.4 is 4.74 Å². The summed E-state index contributed by atoms with van der Waals surface area (Å²) < 4.78 is 16.7. The number of thiophene rings is 1. The Labute approximate surface area is 177 Å². The summed E-state index contributed by atoms with van der Waals surface area (Å²) >= 11 is 1.62. The van der Waals surface area contributed by atoms with Crippen molar-refractivity contribution in [1.29, 1.82) is 0 Å². The largest absolute Gasteiger partial charge is 0.452 e. The fourth-order valence-corrected chi connectivity index (χ4v) is 3.86. The van der Waals surface area contributed by atoms with Crippen LogP contribution in [0.2, 0.25) is 0 Å². The van der Waals surface area contributed by atoms with Gasteiger partial charge in [-0.2, -0.15) is 0 Å². The van der Waals surface area contributed by atoms with E-state index in [1.54, 1.807) is 41.8 Å². The van der Waals surface area contributed by atoms with Crippen molar-refractivity contribution in [2.45, 2.75) is 26.9 Å². The maximum atomic E-state index is 12.6. The van der Waals surface area contributed by atoms with Crippen molar-refractivity contribution in [3.05, 3.63) is 76.6 Å². The fraction of sp³-hybridized carbons (Fsp3) is 0.182. The summed E-state index contributed by atoms with van der Waals surface area (Å²) in [6.07, 6.45) is 2.50. The van der Waals surface area contributed by atoms with Crippen LogP contribution in [0.15, 0.2) is 59.1 Å². The van der Waals surface area contributed by atoms with Gasteiger partial charge in [-0.1, -0.05) is 25.1 Å². The molecule has 4 rings (SSSR count). The van der Waals surface area contributed by atoms with Crippen LogP contribution in [0.1, 0.15) is 33.6 Å². The molecule has 0 amide bonds. The second-order valence-corrected chi connectivity index (χ2v) is 7.56. The van der Waals surface area contributed by atoms with E-state index in [2.05, 4.69) is 29.0 Å². The highest BCUT2D eigenvalue weighted by Crippen LogP contribution is 2.31. The topological polar surface area (TPSA) is 87.3 Å². The lowest BCUT2D eigenvalue weighted by Gasteiger charge is -2.09. The molecule has 3 aromatic heterocycles. The molecule has 0 aliphatic carbocycles. The quantitative estimate of drug-likeness (QED) is 0.378. The summed E-state index contributed by atoms with van der Waals surface area (Å²) in [5.74, 6) is 0.791. The van der Waals surface area contributed by atoms with E-state index in [0.717, 1.165) is 11.3 Å². The van der Waals surface area contributed by atoms with Crippen molar-refractivity contribution in [2.75, 3.05) is 0 Å². The number of carbonyl (C=O) groups is 1. The number of hydrogen-bond donors (Lipinski definition) is 0. The minimum Gasteiger partial charge on any atom is -0.452 e. The van der Waals surface area contributed by atoms with Crippen molar-refractivity contribution in [2.24, 2.45) is 0 Å². The number of aromatic nitrogens is 3. The number of esters is 1. The summed E-state index contributed by atoms with van der Waals surface area (Å²) in [5.41, 5.74) is 1.41. The highest BCUT2D eigenvalue weighted by molar-refractivity contribution is 7.15. The smallest absolute Gasteiger partial charge is 0.344 e. The van der Waals surface area contributed by atoms with Crippen molar-refractivity contribution in [3.8, 4) is 22.4 Å². The molecular formula is C22H19N3O4S. The molecular weight excluding hydrogens is 402 g/mol. The number of rotatable bonds is 7. The molecule has 0 unspecified atom stereocenters. The molecule has 4 aromatic rings. The molecule has 0 saturated heterocycles. The van der Waals surface area contributed by atoms with Crippen molar-refractivity contribution in [1.82, 2.24) is 15.2 Å². The third-order valence-corrected chi connectivity index (χ3v) is 5.66. The number of pyridine rings is 1. The summed E-state index contributed by atoms with van der Waals surface area (Å²) in [5, 5.41) is 8.04. The monoisotopic (exact) mass is 421 g/mol. The Morgan fingerprint density at radius 2 is 1.97 bits per heavy atom. The summed E-state index contributed by atoms with van der Waals surface area (Å²) in [6.45, 7) is 4.02. The van der Waals surface area contributed by atoms with E-state index in [0.29, 0.717) is 11.6 Å². The molecule has 0 N–H and O–H groups in total. The van der Waals surface area contributed by atoms with Crippen LogP contribution in [-0.4, -0.2) is 21.2 Å². The molecule has 0 spiro atoms. The molecule has 0 saturated carbocycles. The predicted octanol–water partition coefficient (Wildman–Crippen LogP) is 5.21. The lowest BCUT2D eigenvalue weighted by atomic mass is 10.2. The van der Waals surface area contributed by atoms with Gasteiger partial charge >= 0.3 is 5.97 Å². The number of aryl methyl sites for hydroxylation is 2. The SMILES string of the molecule is CCc1sc(-c2nnc(COC(=O)c3cccnc3Oc3ccccc3)o2)cc1C. The van der Waals surface area contributed by atoms with Gasteiger partial charge in [-0.05, 0) is 49.2 Å². The highest BCUT2D eigenvalue weighted by Gasteiger charge is 2.18. The zero-order valence-corrected chi connectivity index (χ0v) is 17.3. The Kier molecular flexibility index (Phi) is 5.85. The van der Waals surface area contributed by atoms with Gasteiger partial charge in [0.05, 0.1) is 4.88 Å². The molecule has 1 aromatic carbocycles. The normalized spacial score (nSPS) is 10.7. The van der Waals surface area contributed by atoms with E-state index in [1.165, 1.54) is 10.4 Å². The van der Waals surface area contributed by atoms with Crippen LogP contribution in [-0.2, 0) is 17.8 Å². The Balaban J connectivity index is 1.44. The first-order chi connectivity index (χ1) is 14.6. The number of ether oxygens (including phenoxy) is 2. The Bertz CT molecular complexity index is 1150.